The molecule has 4 heteroatoms. The average molecular weight is 313 g/mol. The van der Waals surface area contributed by atoms with E-state index in [1.54, 1.807) is 0 Å². The van der Waals surface area contributed by atoms with Gasteiger partial charge in [0.15, 0.2) is 0 Å². The summed E-state index contributed by atoms with van der Waals surface area (Å²) in [6.45, 7) is 3.21. The largest absolute Gasteiger partial charge is 0.315 e. The number of hydrogen-bond acceptors (Lipinski definition) is 2. The Hall–Kier alpha value is -0.280. The second kappa shape index (κ2) is 6.65. The molecular weight excluding hydrogens is 291 g/mol. The zero-order chi connectivity index (χ0) is 13.9. The standard InChI is InChI=1S/C16H22Cl2N2/c17-13-6-5-12(16(18)9-13)11-20(14-3-1-2-4-14)15-7-8-19-10-15/h5-6,9,14-15,19H,1-4,7-8,10-11H2. The van der Waals surface area contributed by atoms with E-state index >= 15 is 0 Å². The minimum absolute atomic E-state index is 0.657. The van der Waals surface area contributed by atoms with E-state index in [9.17, 15) is 0 Å². The number of halogens is 2. The smallest absolute Gasteiger partial charge is 0.0465 e. The number of nitrogens with zero attached hydrogens (tertiary/aromatic N) is 1. The van der Waals surface area contributed by atoms with Crippen LogP contribution in [0.25, 0.3) is 0 Å². The third kappa shape index (κ3) is 3.30. The Kier molecular flexibility index (Phi) is 4.87. The van der Waals surface area contributed by atoms with Gasteiger partial charge < -0.3 is 5.32 Å². The SMILES string of the molecule is Clc1ccc(CN(C2CCCC2)C2CCNC2)c(Cl)c1. The summed E-state index contributed by atoms with van der Waals surface area (Å²) in [6.07, 6.45) is 6.66. The van der Waals surface area contributed by atoms with E-state index in [2.05, 4.69) is 16.3 Å². The quantitative estimate of drug-likeness (QED) is 0.900. The van der Waals surface area contributed by atoms with Crippen molar-refractivity contribution in [3.63, 3.8) is 0 Å². The highest BCUT2D eigenvalue weighted by Gasteiger charge is 2.30. The molecule has 1 saturated carbocycles. The Morgan fingerprint density at radius 1 is 1.10 bits per heavy atom. The molecule has 0 amide bonds. The highest BCUT2D eigenvalue weighted by atomic mass is 35.5. The van der Waals surface area contributed by atoms with Gasteiger partial charge in [0.1, 0.15) is 0 Å². The van der Waals surface area contributed by atoms with Crippen molar-refractivity contribution in [3.8, 4) is 0 Å². The first-order valence-electron chi connectivity index (χ1n) is 7.64. The number of rotatable bonds is 4. The summed E-state index contributed by atoms with van der Waals surface area (Å²) < 4.78 is 0. The van der Waals surface area contributed by atoms with Gasteiger partial charge in [0.25, 0.3) is 0 Å². The van der Waals surface area contributed by atoms with E-state index in [1.165, 1.54) is 37.7 Å². The lowest BCUT2D eigenvalue weighted by atomic mass is 10.1. The number of hydrogen-bond donors (Lipinski definition) is 1. The van der Waals surface area contributed by atoms with Crippen molar-refractivity contribution in [3.05, 3.63) is 33.8 Å². The van der Waals surface area contributed by atoms with E-state index in [4.69, 9.17) is 23.2 Å². The predicted molar refractivity (Wildman–Crippen MR) is 85.5 cm³/mol. The lowest BCUT2D eigenvalue weighted by Gasteiger charge is -2.34. The van der Waals surface area contributed by atoms with Crippen LogP contribution in [0.15, 0.2) is 18.2 Å². The summed E-state index contributed by atoms with van der Waals surface area (Å²) in [5.41, 5.74) is 1.20. The molecule has 20 heavy (non-hydrogen) atoms. The van der Waals surface area contributed by atoms with Crippen LogP contribution in [-0.4, -0.2) is 30.1 Å². The summed E-state index contributed by atoms with van der Waals surface area (Å²) in [7, 11) is 0. The van der Waals surface area contributed by atoms with Crippen molar-refractivity contribution in [2.75, 3.05) is 13.1 Å². The van der Waals surface area contributed by atoms with Crippen LogP contribution in [0.3, 0.4) is 0 Å². The second-order valence-electron chi connectivity index (χ2n) is 5.99. The van der Waals surface area contributed by atoms with Crippen LogP contribution in [0.4, 0.5) is 0 Å². The molecule has 1 aliphatic heterocycles. The fourth-order valence-electron chi connectivity index (χ4n) is 3.56. The van der Waals surface area contributed by atoms with E-state index < -0.39 is 0 Å². The fraction of sp³-hybridized carbons (Fsp3) is 0.625. The van der Waals surface area contributed by atoms with Crippen molar-refractivity contribution in [2.45, 2.75) is 50.7 Å². The molecule has 1 unspecified atom stereocenters. The van der Waals surface area contributed by atoms with Crippen molar-refractivity contribution in [1.29, 1.82) is 0 Å². The van der Waals surface area contributed by atoms with E-state index in [-0.39, 0.29) is 0 Å². The van der Waals surface area contributed by atoms with Gasteiger partial charge in [0.05, 0.1) is 0 Å². The Labute approximate surface area is 131 Å². The van der Waals surface area contributed by atoms with Crippen molar-refractivity contribution >= 4 is 23.2 Å². The van der Waals surface area contributed by atoms with Gasteiger partial charge in [-0.05, 0) is 43.5 Å². The summed E-state index contributed by atoms with van der Waals surface area (Å²) in [5, 5.41) is 5.00. The Balaban J connectivity index is 1.77. The molecule has 1 saturated heterocycles. The highest BCUT2D eigenvalue weighted by Crippen LogP contribution is 2.30. The van der Waals surface area contributed by atoms with Gasteiger partial charge in [-0.1, -0.05) is 42.1 Å². The molecule has 1 aliphatic carbocycles. The minimum Gasteiger partial charge on any atom is -0.315 e. The number of nitrogens with one attached hydrogen (secondary N) is 1. The third-order valence-corrected chi connectivity index (χ3v) is 5.25. The van der Waals surface area contributed by atoms with Gasteiger partial charge in [0, 0.05) is 35.2 Å². The zero-order valence-corrected chi connectivity index (χ0v) is 13.3. The molecule has 3 rings (SSSR count). The Morgan fingerprint density at radius 3 is 2.55 bits per heavy atom. The topological polar surface area (TPSA) is 15.3 Å². The molecule has 0 aromatic heterocycles. The van der Waals surface area contributed by atoms with E-state index in [0.717, 1.165) is 30.7 Å². The lowest BCUT2D eigenvalue weighted by Crippen LogP contribution is -2.42. The maximum atomic E-state index is 6.36. The molecule has 1 heterocycles. The Morgan fingerprint density at radius 2 is 1.90 bits per heavy atom. The molecule has 1 N–H and O–H groups in total. The van der Waals surface area contributed by atoms with Gasteiger partial charge in [-0.2, -0.15) is 0 Å². The zero-order valence-electron chi connectivity index (χ0n) is 11.7. The minimum atomic E-state index is 0.657. The van der Waals surface area contributed by atoms with Crippen molar-refractivity contribution in [1.82, 2.24) is 10.2 Å². The monoisotopic (exact) mass is 312 g/mol. The van der Waals surface area contributed by atoms with Crippen LogP contribution in [0.2, 0.25) is 10.0 Å². The summed E-state index contributed by atoms with van der Waals surface area (Å²) >= 11 is 12.4. The molecule has 2 nitrogen and oxygen atoms in total. The van der Waals surface area contributed by atoms with E-state index in [1.807, 2.05) is 12.1 Å². The maximum absolute atomic E-state index is 6.36. The van der Waals surface area contributed by atoms with Gasteiger partial charge in [-0.25, -0.2) is 0 Å². The van der Waals surface area contributed by atoms with Crippen LogP contribution in [-0.2, 0) is 6.54 Å². The Bertz CT molecular complexity index is 436. The normalized spacial score (nSPS) is 23.9. The highest BCUT2D eigenvalue weighted by molar-refractivity contribution is 6.35. The molecule has 0 bridgehead atoms. The molecule has 2 fully saturated rings. The summed E-state index contributed by atoms with van der Waals surface area (Å²) in [4.78, 5) is 2.68. The molecular formula is C16H22Cl2N2. The first-order chi connectivity index (χ1) is 9.74. The first-order valence-corrected chi connectivity index (χ1v) is 8.40. The van der Waals surface area contributed by atoms with Crippen LogP contribution in [0.5, 0.6) is 0 Å². The second-order valence-corrected chi connectivity index (χ2v) is 6.84. The summed E-state index contributed by atoms with van der Waals surface area (Å²) in [5.74, 6) is 0. The maximum Gasteiger partial charge on any atom is 0.0465 e. The molecule has 110 valence electrons. The third-order valence-electron chi connectivity index (χ3n) is 4.67. The molecule has 0 radical (unpaired) electrons. The van der Waals surface area contributed by atoms with E-state index in [0.29, 0.717) is 11.1 Å². The van der Waals surface area contributed by atoms with Gasteiger partial charge in [0.2, 0.25) is 0 Å². The molecule has 2 aliphatic rings. The van der Waals surface area contributed by atoms with Crippen LogP contribution in [0, 0.1) is 0 Å². The predicted octanol–water partition coefficient (Wildman–Crippen LogP) is 4.10. The van der Waals surface area contributed by atoms with Gasteiger partial charge in [-0.3, -0.25) is 4.90 Å². The van der Waals surface area contributed by atoms with Gasteiger partial charge >= 0.3 is 0 Å². The van der Waals surface area contributed by atoms with Crippen molar-refractivity contribution in [2.24, 2.45) is 0 Å². The molecule has 1 aromatic carbocycles. The van der Waals surface area contributed by atoms with Crippen molar-refractivity contribution < 1.29 is 0 Å². The number of benzene rings is 1. The molecule has 1 atom stereocenters. The van der Waals surface area contributed by atoms with Crippen LogP contribution >= 0.6 is 23.2 Å². The summed E-state index contributed by atoms with van der Waals surface area (Å²) in [6, 6.07) is 7.27. The van der Waals surface area contributed by atoms with Crippen LogP contribution in [0.1, 0.15) is 37.7 Å². The molecule has 1 aromatic rings. The average Bonchev–Trinajstić information content (AvgIpc) is 3.11. The van der Waals surface area contributed by atoms with Crippen LogP contribution < -0.4 is 5.32 Å². The van der Waals surface area contributed by atoms with Gasteiger partial charge in [-0.15, -0.1) is 0 Å². The fourth-order valence-corrected chi connectivity index (χ4v) is 4.03. The molecule has 0 spiro atoms. The first kappa shape index (κ1) is 14.6. The lowest BCUT2D eigenvalue weighted by molar-refractivity contribution is 0.136.